The van der Waals surface area contributed by atoms with E-state index in [0.29, 0.717) is 32.3 Å². The minimum absolute atomic E-state index is 0.0246. The standard InChI is InChI=1S/C26H36O6/c1-2-14-32-18-20-9-7-8-19(15-20)16-21(27)12-13-23-22(24(28)17-25(23)29)10-5-3-4-6-11-26(30)31/h3,5,7-9,12-13,15,21-23,25,27,29H,2,4,6,10-11,14,16-18H2,1H3,(H,30,31)/b5-3-,13-12+/t21?,22-,23-,25-/m1/s1. The summed E-state index contributed by atoms with van der Waals surface area (Å²) in [5.41, 5.74) is 2.07. The summed E-state index contributed by atoms with van der Waals surface area (Å²) in [6.07, 6.45) is 9.19. The summed E-state index contributed by atoms with van der Waals surface area (Å²) < 4.78 is 5.57. The Morgan fingerprint density at radius 1 is 1.28 bits per heavy atom. The second-order valence-electron chi connectivity index (χ2n) is 8.44. The Bertz CT molecular complexity index is 784. The van der Waals surface area contributed by atoms with Gasteiger partial charge in [-0.3, -0.25) is 9.59 Å². The molecule has 0 aromatic heterocycles. The predicted octanol–water partition coefficient (Wildman–Crippen LogP) is 3.84. The largest absolute Gasteiger partial charge is 0.481 e. The molecule has 0 spiro atoms. The second kappa shape index (κ2) is 14.0. The van der Waals surface area contributed by atoms with E-state index >= 15 is 0 Å². The fourth-order valence-corrected chi connectivity index (χ4v) is 4.01. The fourth-order valence-electron chi connectivity index (χ4n) is 4.01. The smallest absolute Gasteiger partial charge is 0.303 e. The number of benzene rings is 1. The molecule has 1 saturated carbocycles. The highest BCUT2D eigenvalue weighted by atomic mass is 16.5. The van der Waals surface area contributed by atoms with Crippen LogP contribution in [0.25, 0.3) is 0 Å². The number of allylic oxidation sites excluding steroid dienone is 2. The molecule has 1 aliphatic carbocycles. The number of carbonyl (C=O) groups is 2. The van der Waals surface area contributed by atoms with Gasteiger partial charge in [-0.1, -0.05) is 55.5 Å². The van der Waals surface area contributed by atoms with Gasteiger partial charge < -0.3 is 20.1 Å². The maximum atomic E-state index is 12.3. The molecule has 2 rings (SSSR count). The topological polar surface area (TPSA) is 104 Å². The van der Waals surface area contributed by atoms with E-state index in [-0.39, 0.29) is 30.5 Å². The Balaban J connectivity index is 1.88. The van der Waals surface area contributed by atoms with Crippen molar-refractivity contribution in [3.63, 3.8) is 0 Å². The number of ketones is 1. The summed E-state index contributed by atoms with van der Waals surface area (Å²) in [4.78, 5) is 22.9. The van der Waals surface area contributed by atoms with Crippen molar-refractivity contribution in [1.29, 1.82) is 0 Å². The average molecular weight is 445 g/mol. The quantitative estimate of drug-likeness (QED) is 0.298. The lowest BCUT2D eigenvalue weighted by molar-refractivity contribution is -0.137. The van der Waals surface area contributed by atoms with Crippen molar-refractivity contribution in [3.05, 3.63) is 59.7 Å². The third-order valence-corrected chi connectivity index (χ3v) is 5.66. The van der Waals surface area contributed by atoms with Gasteiger partial charge in [-0.2, -0.15) is 0 Å². The summed E-state index contributed by atoms with van der Waals surface area (Å²) in [5.74, 6) is -1.43. The van der Waals surface area contributed by atoms with Gasteiger partial charge >= 0.3 is 5.97 Å². The molecule has 1 aromatic carbocycles. The third kappa shape index (κ3) is 9.07. The normalized spacial score (nSPS) is 22.2. The number of rotatable bonds is 14. The molecule has 1 unspecified atom stereocenters. The SMILES string of the molecule is CCCOCc1cccc(CC(O)/C=C/[C@H]2[C@H](O)CC(=O)[C@@H]2C/C=C\CCCC(=O)O)c1. The van der Waals surface area contributed by atoms with Crippen LogP contribution in [0.15, 0.2) is 48.6 Å². The first kappa shape index (κ1) is 26.0. The van der Waals surface area contributed by atoms with Gasteiger partial charge in [0.2, 0.25) is 0 Å². The van der Waals surface area contributed by atoms with Crippen LogP contribution in [0.5, 0.6) is 0 Å². The van der Waals surface area contributed by atoms with Crippen LogP contribution in [0.1, 0.15) is 56.6 Å². The summed E-state index contributed by atoms with van der Waals surface area (Å²) >= 11 is 0. The number of ether oxygens (including phenoxy) is 1. The zero-order chi connectivity index (χ0) is 23.3. The summed E-state index contributed by atoms with van der Waals surface area (Å²) in [5, 5.41) is 29.5. The van der Waals surface area contributed by atoms with Gasteiger partial charge in [0, 0.05) is 37.7 Å². The summed E-state index contributed by atoms with van der Waals surface area (Å²) in [7, 11) is 0. The Labute approximate surface area is 190 Å². The number of carbonyl (C=O) groups excluding carboxylic acids is 1. The lowest BCUT2D eigenvalue weighted by atomic mass is 9.90. The first-order chi connectivity index (χ1) is 15.4. The number of Topliss-reactive ketones (excluding diaryl/α,β-unsaturated/α-hetero) is 1. The molecule has 6 nitrogen and oxygen atoms in total. The number of aliphatic carboxylic acids is 1. The lowest BCUT2D eigenvalue weighted by Gasteiger charge is -2.17. The van der Waals surface area contributed by atoms with Crippen LogP contribution in [-0.4, -0.2) is 45.9 Å². The minimum atomic E-state index is -0.812. The van der Waals surface area contributed by atoms with Crippen molar-refractivity contribution in [2.45, 2.75) is 70.7 Å². The van der Waals surface area contributed by atoms with E-state index in [1.54, 1.807) is 12.2 Å². The molecule has 0 heterocycles. The molecule has 1 aromatic rings. The van der Waals surface area contributed by atoms with Crippen molar-refractivity contribution in [2.75, 3.05) is 6.61 Å². The number of hydrogen-bond acceptors (Lipinski definition) is 5. The van der Waals surface area contributed by atoms with Crippen molar-refractivity contribution in [3.8, 4) is 0 Å². The number of unbranched alkanes of at least 4 members (excludes halogenated alkanes) is 1. The maximum Gasteiger partial charge on any atom is 0.303 e. The zero-order valence-electron chi connectivity index (χ0n) is 18.9. The Morgan fingerprint density at radius 3 is 2.81 bits per heavy atom. The Kier molecular flexibility index (Phi) is 11.4. The highest BCUT2D eigenvalue weighted by Crippen LogP contribution is 2.33. The molecule has 0 radical (unpaired) electrons. The van der Waals surface area contributed by atoms with E-state index in [0.717, 1.165) is 24.2 Å². The van der Waals surface area contributed by atoms with Crippen LogP contribution in [0.3, 0.4) is 0 Å². The van der Waals surface area contributed by atoms with Gasteiger partial charge in [-0.15, -0.1) is 0 Å². The van der Waals surface area contributed by atoms with Crippen LogP contribution < -0.4 is 0 Å². The highest BCUT2D eigenvalue weighted by molar-refractivity contribution is 5.84. The van der Waals surface area contributed by atoms with Crippen molar-refractivity contribution >= 4 is 11.8 Å². The highest BCUT2D eigenvalue weighted by Gasteiger charge is 2.39. The monoisotopic (exact) mass is 444 g/mol. The van der Waals surface area contributed by atoms with Crippen LogP contribution in [0, 0.1) is 11.8 Å². The molecule has 0 saturated heterocycles. The fraction of sp³-hybridized carbons (Fsp3) is 0.538. The van der Waals surface area contributed by atoms with Crippen molar-refractivity contribution < 1.29 is 29.6 Å². The van der Waals surface area contributed by atoms with Crippen LogP contribution in [-0.2, 0) is 27.4 Å². The van der Waals surface area contributed by atoms with E-state index in [1.807, 2.05) is 36.4 Å². The van der Waals surface area contributed by atoms with E-state index in [2.05, 4.69) is 6.92 Å². The van der Waals surface area contributed by atoms with E-state index in [4.69, 9.17) is 9.84 Å². The molecular weight excluding hydrogens is 408 g/mol. The molecule has 0 bridgehead atoms. The summed E-state index contributed by atoms with van der Waals surface area (Å²) in [6.45, 7) is 3.34. The van der Waals surface area contributed by atoms with Crippen LogP contribution >= 0.6 is 0 Å². The predicted molar refractivity (Wildman–Crippen MR) is 123 cm³/mol. The van der Waals surface area contributed by atoms with Crippen LogP contribution in [0.4, 0.5) is 0 Å². The average Bonchev–Trinajstić information content (AvgIpc) is 3.01. The van der Waals surface area contributed by atoms with Gasteiger partial charge in [-0.05, 0) is 36.8 Å². The van der Waals surface area contributed by atoms with Crippen LogP contribution in [0.2, 0.25) is 0 Å². The number of carboxylic acids is 1. The Hall–Kier alpha value is -2.28. The van der Waals surface area contributed by atoms with E-state index in [9.17, 15) is 19.8 Å². The maximum absolute atomic E-state index is 12.3. The minimum Gasteiger partial charge on any atom is -0.481 e. The number of aliphatic hydroxyl groups is 2. The molecule has 1 aliphatic rings. The number of aliphatic hydroxyl groups excluding tert-OH is 2. The molecule has 4 atom stereocenters. The van der Waals surface area contributed by atoms with Crippen molar-refractivity contribution in [2.24, 2.45) is 11.8 Å². The molecule has 3 N–H and O–H groups in total. The molecule has 6 heteroatoms. The van der Waals surface area contributed by atoms with Gasteiger partial charge in [0.25, 0.3) is 0 Å². The number of carboxylic acid groups (broad SMARTS) is 1. The second-order valence-corrected chi connectivity index (χ2v) is 8.44. The van der Waals surface area contributed by atoms with E-state index in [1.165, 1.54) is 0 Å². The molecular formula is C26H36O6. The molecule has 0 amide bonds. The van der Waals surface area contributed by atoms with Gasteiger partial charge in [-0.25, -0.2) is 0 Å². The third-order valence-electron chi connectivity index (χ3n) is 5.66. The van der Waals surface area contributed by atoms with Gasteiger partial charge in [0.15, 0.2) is 0 Å². The zero-order valence-corrected chi connectivity index (χ0v) is 18.9. The number of hydrogen-bond donors (Lipinski definition) is 3. The van der Waals surface area contributed by atoms with Gasteiger partial charge in [0.1, 0.15) is 5.78 Å². The van der Waals surface area contributed by atoms with Gasteiger partial charge in [0.05, 0.1) is 18.8 Å². The molecule has 1 fully saturated rings. The molecule has 32 heavy (non-hydrogen) atoms. The summed E-state index contributed by atoms with van der Waals surface area (Å²) in [6, 6.07) is 7.95. The first-order valence-electron chi connectivity index (χ1n) is 11.5. The van der Waals surface area contributed by atoms with Crippen molar-refractivity contribution in [1.82, 2.24) is 0 Å². The molecule has 176 valence electrons. The molecule has 0 aliphatic heterocycles. The Morgan fingerprint density at radius 2 is 2.06 bits per heavy atom. The lowest BCUT2D eigenvalue weighted by Crippen LogP contribution is -2.19. The van der Waals surface area contributed by atoms with E-state index < -0.39 is 18.2 Å². The first-order valence-corrected chi connectivity index (χ1v) is 11.5.